The normalized spacial score (nSPS) is 13.4. The average Bonchev–Trinajstić information content (AvgIpc) is 3.21. The van der Waals surface area contributed by atoms with Gasteiger partial charge in [0.15, 0.2) is 12.1 Å². The van der Waals surface area contributed by atoms with Crippen molar-refractivity contribution in [3.8, 4) is 0 Å². The number of aliphatic carboxylic acids is 1. The summed E-state index contributed by atoms with van der Waals surface area (Å²) < 4.78 is 17.3. The second kappa shape index (κ2) is 42.7. The number of nitrogens with zero attached hydrogens (tertiary/aromatic N) is 1. The van der Waals surface area contributed by atoms with Crippen LogP contribution >= 0.6 is 0 Å². The Morgan fingerprint density at radius 3 is 1.38 bits per heavy atom. The molecule has 0 fully saturated rings. The Balaban J connectivity index is 4.33. The topological polar surface area (TPSA) is 99.1 Å². The molecular weight excluding hydrogens is 751 g/mol. The van der Waals surface area contributed by atoms with Crippen LogP contribution in [0.15, 0.2) is 60.8 Å². The molecule has 2 unspecified atom stereocenters. The number of esters is 2. The van der Waals surface area contributed by atoms with Crippen LogP contribution in [0.25, 0.3) is 0 Å². The molecule has 0 aromatic heterocycles. The van der Waals surface area contributed by atoms with Crippen LogP contribution in [-0.2, 0) is 28.6 Å². The van der Waals surface area contributed by atoms with Crippen LogP contribution in [0.5, 0.6) is 0 Å². The minimum absolute atomic E-state index is 0.0528. The Morgan fingerprint density at radius 2 is 0.933 bits per heavy atom. The molecule has 0 aromatic rings. The maximum Gasteiger partial charge on any atom is 0.362 e. The lowest BCUT2D eigenvalue weighted by atomic mass is 10.0. The number of unbranched alkanes of at least 4 members (excludes halogenated alkanes) is 19. The molecular formula is C52H92NO7+. The number of carboxylic acid groups (broad SMARTS) is 1. The Kier molecular flexibility index (Phi) is 40.6. The number of carbonyl (C=O) groups excluding carboxylic acids is 2. The van der Waals surface area contributed by atoms with Crippen molar-refractivity contribution in [3.63, 3.8) is 0 Å². The van der Waals surface area contributed by atoms with Crippen molar-refractivity contribution in [2.24, 2.45) is 0 Å². The summed E-state index contributed by atoms with van der Waals surface area (Å²) in [5.41, 5.74) is 0. The maximum absolute atomic E-state index is 12.8. The van der Waals surface area contributed by atoms with Gasteiger partial charge in [0.1, 0.15) is 6.61 Å². The summed E-state index contributed by atoms with van der Waals surface area (Å²) in [5, 5.41) is 9.64. The Morgan fingerprint density at radius 1 is 0.517 bits per heavy atom. The van der Waals surface area contributed by atoms with Crippen molar-refractivity contribution < 1.29 is 38.2 Å². The van der Waals surface area contributed by atoms with Crippen LogP contribution in [0.2, 0.25) is 0 Å². The predicted molar refractivity (Wildman–Crippen MR) is 252 cm³/mol. The molecule has 8 nitrogen and oxygen atoms in total. The third kappa shape index (κ3) is 40.4. The molecule has 2 atom stereocenters. The number of likely N-dealkylation sites (N-methyl/N-ethyl adjacent to an activating group) is 1. The van der Waals surface area contributed by atoms with Crippen LogP contribution in [0.1, 0.15) is 200 Å². The summed E-state index contributed by atoms with van der Waals surface area (Å²) in [5.74, 6) is -1.49. The van der Waals surface area contributed by atoms with Crippen LogP contribution < -0.4 is 0 Å². The third-order valence-electron chi connectivity index (χ3n) is 10.7. The van der Waals surface area contributed by atoms with Gasteiger partial charge in [0, 0.05) is 19.3 Å². The predicted octanol–water partition coefficient (Wildman–Crippen LogP) is 13.8. The first-order chi connectivity index (χ1) is 29.1. The molecule has 0 aliphatic rings. The highest BCUT2D eigenvalue weighted by Gasteiger charge is 2.31. The first-order valence-electron chi connectivity index (χ1n) is 24.3. The molecule has 0 aromatic carbocycles. The fourth-order valence-electron chi connectivity index (χ4n) is 6.94. The SMILES string of the molecule is CC/C=C/C/C=C/C/C=C/C/C=C/C/C=C/CCCCCCC(=O)OCC(COCCC(C(=O)O)[N+](C)(C)C)OC(=O)CCCCCCCCCCCCCCCCCC. The summed E-state index contributed by atoms with van der Waals surface area (Å²) in [7, 11) is 5.52. The van der Waals surface area contributed by atoms with Crippen LogP contribution in [0.3, 0.4) is 0 Å². The Bertz CT molecular complexity index is 1170. The molecule has 0 heterocycles. The Labute approximate surface area is 368 Å². The van der Waals surface area contributed by atoms with Crippen molar-refractivity contribution in [1.29, 1.82) is 0 Å². The number of carboxylic acids is 1. The van der Waals surface area contributed by atoms with E-state index in [9.17, 15) is 19.5 Å². The first kappa shape index (κ1) is 57.0. The van der Waals surface area contributed by atoms with Gasteiger partial charge in [0.25, 0.3) is 0 Å². The zero-order valence-corrected chi connectivity index (χ0v) is 39.4. The second-order valence-electron chi connectivity index (χ2n) is 17.3. The molecule has 0 spiro atoms. The van der Waals surface area contributed by atoms with E-state index in [4.69, 9.17) is 14.2 Å². The number of hydrogen-bond acceptors (Lipinski definition) is 6. The molecule has 346 valence electrons. The van der Waals surface area contributed by atoms with E-state index in [1.54, 1.807) is 0 Å². The average molecular weight is 843 g/mol. The van der Waals surface area contributed by atoms with Crippen molar-refractivity contribution in [2.75, 3.05) is 41.0 Å². The van der Waals surface area contributed by atoms with E-state index < -0.39 is 18.1 Å². The summed E-state index contributed by atoms with van der Waals surface area (Å²) >= 11 is 0. The highest BCUT2D eigenvalue weighted by molar-refractivity contribution is 5.72. The van der Waals surface area contributed by atoms with Crippen LogP contribution in [0.4, 0.5) is 0 Å². The lowest BCUT2D eigenvalue weighted by Gasteiger charge is -2.31. The van der Waals surface area contributed by atoms with Crippen molar-refractivity contribution in [1.82, 2.24) is 0 Å². The monoisotopic (exact) mass is 843 g/mol. The van der Waals surface area contributed by atoms with Crippen LogP contribution in [-0.4, -0.2) is 80.6 Å². The van der Waals surface area contributed by atoms with E-state index in [0.717, 1.165) is 83.5 Å². The molecule has 8 heteroatoms. The smallest absolute Gasteiger partial charge is 0.362 e. The van der Waals surface area contributed by atoms with Gasteiger partial charge in [0.2, 0.25) is 0 Å². The quantitative estimate of drug-likeness (QED) is 0.0282. The van der Waals surface area contributed by atoms with Gasteiger partial charge in [-0.1, -0.05) is 184 Å². The number of carbonyl (C=O) groups is 3. The van der Waals surface area contributed by atoms with Crippen molar-refractivity contribution in [2.45, 2.75) is 212 Å². The fourth-order valence-corrected chi connectivity index (χ4v) is 6.94. The zero-order valence-electron chi connectivity index (χ0n) is 39.4. The van der Waals surface area contributed by atoms with Crippen LogP contribution in [0, 0.1) is 0 Å². The van der Waals surface area contributed by atoms with E-state index in [2.05, 4.69) is 74.6 Å². The molecule has 0 aliphatic carbocycles. The first-order valence-corrected chi connectivity index (χ1v) is 24.3. The molecule has 1 N–H and O–H groups in total. The lowest BCUT2D eigenvalue weighted by Crippen LogP contribution is -2.50. The van der Waals surface area contributed by atoms with Gasteiger partial charge in [-0.3, -0.25) is 9.59 Å². The van der Waals surface area contributed by atoms with Gasteiger partial charge >= 0.3 is 17.9 Å². The molecule has 0 radical (unpaired) electrons. The molecule has 0 aliphatic heterocycles. The summed E-state index contributed by atoms with van der Waals surface area (Å²) in [4.78, 5) is 37.1. The number of ether oxygens (including phenoxy) is 3. The highest BCUT2D eigenvalue weighted by atomic mass is 16.6. The maximum atomic E-state index is 12.8. The Hall–Kier alpha value is -2.97. The van der Waals surface area contributed by atoms with Crippen molar-refractivity contribution >= 4 is 17.9 Å². The van der Waals surface area contributed by atoms with Crippen molar-refractivity contribution in [3.05, 3.63) is 60.8 Å². The summed E-state index contributed by atoms with van der Waals surface area (Å²) in [6.45, 7) is 4.61. The van der Waals surface area contributed by atoms with Gasteiger partial charge in [-0.2, -0.15) is 0 Å². The largest absolute Gasteiger partial charge is 0.477 e. The van der Waals surface area contributed by atoms with Gasteiger partial charge in [-0.25, -0.2) is 4.79 Å². The van der Waals surface area contributed by atoms with E-state index in [1.807, 2.05) is 21.1 Å². The number of hydrogen-bond donors (Lipinski definition) is 1. The van der Waals surface area contributed by atoms with Gasteiger partial charge in [-0.05, 0) is 57.8 Å². The highest BCUT2D eigenvalue weighted by Crippen LogP contribution is 2.15. The number of quaternary nitrogens is 1. The minimum Gasteiger partial charge on any atom is -0.477 e. The van der Waals surface area contributed by atoms with E-state index in [-0.39, 0.29) is 36.2 Å². The molecule has 60 heavy (non-hydrogen) atoms. The third-order valence-corrected chi connectivity index (χ3v) is 10.7. The molecule has 0 rings (SSSR count). The van der Waals surface area contributed by atoms with E-state index in [0.29, 0.717) is 19.3 Å². The van der Waals surface area contributed by atoms with E-state index in [1.165, 1.54) is 83.5 Å². The summed E-state index contributed by atoms with van der Waals surface area (Å²) in [6.07, 6.45) is 52.6. The zero-order chi connectivity index (χ0) is 44.2. The fraction of sp³-hybridized carbons (Fsp3) is 0.750. The molecule has 0 saturated carbocycles. The number of allylic oxidation sites excluding steroid dienone is 10. The van der Waals surface area contributed by atoms with E-state index >= 15 is 0 Å². The minimum atomic E-state index is -0.879. The standard InChI is InChI=1S/C52H91NO7/c1-6-8-10-12-14-16-18-20-22-24-25-26-27-29-30-32-34-36-38-40-42-50(54)59-47-48(46-58-45-44-49(52(56)57)53(3,4)5)60-51(55)43-41-39-37-35-33-31-28-23-21-19-17-15-13-11-9-7-2/h8,10,14,16,20,22,25-26,29-30,48-49H,6-7,9,11-13,15,17-19,21,23-24,27-28,31-47H2,1-5H3/p+1/b10-8+,16-14+,22-20+,26-25+,30-29+. The summed E-state index contributed by atoms with van der Waals surface area (Å²) in [6, 6.07) is -0.620. The second-order valence-corrected chi connectivity index (χ2v) is 17.3. The number of rotatable bonds is 43. The molecule has 0 amide bonds. The van der Waals surface area contributed by atoms with Gasteiger partial charge in [0.05, 0.1) is 34.4 Å². The van der Waals surface area contributed by atoms with Gasteiger partial charge < -0.3 is 23.8 Å². The molecule has 0 bridgehead atoms. The lowest BCUT2D eigenvalue weighted by molar-refractivity contribution is -0.887. The van der Waals surface area contributed by atoms with Gasteiger partial charge in [-0.15, -0.1) is 0 Å². The molecule has 0 saturated heterocycles.